The van der Waals surface area contributed by atoms with Gasteiger partial charge in [0.05, 0.1) is 12.1 Å². The molecule has 0 unspecified atom stereocenters. The average Bonchev–Trinajstić information content (AvgIpc) is 2.59. The first-order chi connectivity index (χ1) is 13.3. The van der Waals surface area contributed by atoms with E-state index >= 15 is 0 Å². The molecule has 0 radical (unpaired) electrons. The van der Waals surface area contributed by atoms with Crippen molar-refractivity contribution < 1.29 is 9.53 Å². The maximum atomic E-state index is 13.6. The lowest BCUT2D eigenvalue weighted by Gasteiger charge is -2.55. The maximum Gasteiger partial charge on any atom is 0.163 e. The predicted octanol–water partition coefficient (Wildman–Crippen LogP) is 5.40. The molecule has 4 heteroatoms. The van der Waals surface area contributed by atoms with Gasteiger partial charge in [-0.1, -0.05) is 11.6 Å². The minimum Gasteiger partial charge on any atom is -0.495 e. The predicted molar refractivity (Wildman–Crippen MR) is 113 cm³/mol. The fraction of sp³-hybridized carbons (Fsp3) is 0.625. The van der Waals surface area contributed by atoms with Gasteiger partial charge in [0.2, 0.25) is 0 Å². The standard InChI is InChI=1S/C24H30ClNO2/c1-23(2)13-17-7-19(25)21(28-3)8-18(17)20(26-23)9-22(27)24-10-14-4-15(11-24)6-16(5-14)12-24/h7-9,14-16,26H,4-6,10-13H2,1-3H3. The van der Waals surface area contributed by atoms with Gasteiger partial charge in [-0.15, -0.1) is 0 Å². The number of benzene rings is 1. The molecule has 5 aliphatic rings. The molecule has 1 aromatic carbocycles. The molecule has 1 aromatic rings. The molecule has 0 saturated heterocycles. The fourth-order valence-corrected chi connectivity index (χ4v) is 7.17. The summed E-state index contributed by atoms with van der Waals surface area (Å²) < 4.78 is 5.44. The summed E-state index contributed by atoms with van der Waals surface area (Å²) in [5, 5.41) is 4.25. The molecule has 4 bridgehead atoms. The highest BCUT2D eigenvalue weighted by Gasteiger charge is 2.54. The lowest BCUT2D eigenvalue weighted by molar-refractivity contribution is -0.138. The highest BCUT2D eigenvalue weighted by Crippen LogP contribution is 2.60. The van der Waals surface area contributed by atoms with Gasteiger partial charge in [-0.2, -0.15) is 0 Å². The van der Waals surface area contributed by atoms with E-state index in [2.05, 4.69) is 19.2 Å². The molecule has 0 amide bonds. The van der Waals surface area contributed by atoms with Crippen LogP contribution in [0, 0.1) is 23.2 Å². The van der Waals surface area contributed by atoms with Crippen molar-refractivity contribution in [1.29, 1.82) is 0 Å². The molecular weight excluding hydrogens is 370 g/mol. The van der Waals surface area contributed by atoms with E-state index in [4.69, 9.17) is 16.3 Å². The molecule has 150 valence electrons. The van der Waals surface area contributed by atoms with Crippen LogP contribution in [0.2, 0.25) is 5.02 Å². The van der Waals surface area contributed by atoms with Gasteiger partial charge in [0.1, 0.15) is 5.75 Å². The number of halogens is 1. The van der Waals surface area contributed by atoms with Gasteiger partial charge in [0.25, 0.3) is 0 Å². The normalized spacial score (nSPS) is 36.1. The van der Waals surface area contributed by atoms with Crippen LogP contribution in [0.1, 0.15) is 63.5 Å². The molecule has 1 heterocycles. The second kappa shape index (κ2) is 6.26. The molecule has 4 saturated carbocycles. The molecule has 3 nitrogen and oxygen atoms in total. The van der Waals surface area contributed by atoms with Crippen LogP contribution < -0.4 is 10.1 Å². The first kappa shape index (κ1) is 18.5. The summed E-state index contributed by atoms with van der Waals surface area (Å²) in [7, 11) is 1.64. The van der Waals surface area contributed by atoms with Crippen molar-refractivity contribution in [3.63, 3.8) is 0 Å². The van der Waals surface area contributed by atoms with Crippen LogP contribution in [0.4, 0.5) is 0 Å². The van der Waals surface area contributed by atoms with Crippen LogP contribution in [0.5, 0.6) is 5.75 Å². The van der Waals surface area contributed by atoms with Crippen molar-refractivity contribution in [2.24, 2.45) is 23.2 Å². The number of hydrogen-bond donors (Lipinski definition) is 1. The zero-order chi connectivity index (χ0) is 19.7. The van der Waals surface area contributed by atoms with E-state index in [0.717, 1.165) is 54.7 Å². The van der Waals surface area contributed by atoms with Gasteiger partial charge in [-0.05, 0) is 94.2 Å². The lowest BCUT2D eigenvalue weighted by Crippen LogP contribution is -2.50. The number of ketones is 1. The van der Waals surface area contributed by atoms with Crippen LogP contribution in [0.3, 0.4) is 0 Å². The minimum absolute atomic E-state index is 0.109. The zero-order valence-electron chi connectivity index (χ0n) is 17.1. The van der Waals surface area contributed by atoms with Crippen LogP contribution in [0.25, 0.3) is 5.70 Å². The van der Waals surface area contributed by atoms with Crippen molar-refractivity contribution in [1.82, 2.24) is 5.32 Å². The maximum absolute atomic E-state index is 13.6. The third-order valence-electron chi connectivity index (χ3n) is 7.61. The number of carbonyl (C=O) groups excluding carboxylic acids is 1. The van der Waals surface area contributed by atoms with Crippen molar-refractivity contribution in [3.8, 4) is 5.75 Å². The molecule has 1 N–H and O–H groups in total. The quantitative estimate of drug-likeness (QED) is 0.691. The summed E-state index contributed by atoms with van der Waals surface area (Å²) in [5.74, 6) is 3.32. The van der Waals surface area contributed by atoms with E-state index in [9.17, 15) is 4.79 Å². The van der Waals surface area contributed by atoms with Gasteiger partial charge in [0.15, 0.2) is 5.78 Å². The molecule has 1 aliphatic heterocycles. The van der Waals surface area contributed by atoms with Gasteiger partial charge in [-0.3, -0.25) is 4.79 Å². The first-order valence-corrected chi connectivity index (χ1v) is 11.1. The first-order valence-electron chi connectivity index (χ1n) is 10.7. The van der Waals surface area contributed by atoms with Gasteiger partial charge < -0.3 is 10.1 Å². The third kappa shape index (κ3) is 2.98. The van der Waals surface area contributed by atoms with Crippen molar-refractivity contribution in [3.05, 3.63) is 34.4 Å². The van der Waals surface area contributed by atoms with E-state index in [-0.39, 0.29) is 11.0 Å². The Bertz CT molecular complexity index is 834. The summed E-state index contributed by atoms with van der Waals surface area (Å²) in [6, 6.07) is 3.99. The summed E-state index contributed by atoms with van der Waals surface area (Å²) in [4.78, 5) is 13.6. The Kier molecular flexibility index (Phi) is 4.14. The van der Waals surface area contributed by atoms with Crippen molar-refractivity contribution >= 4 is 23.1 Å². The number of methoxy groups -OCH3 is 1. The van der Waals surface area contributed by atoms with Crippen molar-refractivity contribution in [2.45, 2.75) is 64.3 Å². The Morgan fingerprint density at radius 2 is 1.75 bits per heavy atom. The topological polar surface area (TPSA) is 38.3 Å². The molecule has 4 aliphatic carbocycles. The van der Waals surface area contributed by atoms with Gasteiger partial charge >= 0.3 is 0 Å². The number of allylic oxidation sites excluding steroid dienone is 1. The monoisotopic (exact) mass is 399 g/mol. The minimum atomic E-state index is -0.113. The lowest BCUT2D eigenvalue weighted by atomic mass is 9.48. The Labute approximate surface area is 172 Å². The second-order valence-electron chi connectivity index (χ2n) is 10.4. The smallest absolute Gasteiger partial charge is 0.163 e. The molecule has 0 aromatic heterocycles. The Morgan fingerprint density at radius 3 is 2.32 bits per heavy atom. The van der Waals surface area contributed by atoms with Crippen LogP contribution in [-0.4, -0.2) is 18.4 Å². The zero-order valence-corrected chi connectivity index (χ0v) is 17.9. The Hall–Kier alpha value is -1.48. The second-order valence-corrected chi connectivity index (χ2v) is 10.9. The highest BCUT2D eigenvalue weighted by molar-refractivity contribution is 6.32. The summed E-state index contributed by atoms with van der Waals surface area (Å²) in [5.41, 5.74) is 2.94. The number of carbonyl (C=O) groups is 1. The number of fused-ring (bicyclic) bond motifs is 1. The summed E-state index contributed by atoms with van der Waals surface area (Å²) >= 11 is 6.39. The van der Waals surface area contributed by atoms with E-state index < -0.39 is 0 Å². The molecule has 28 heavy (non-hydrogen) atoms. The average molecular weight is 400 g/mol. The van der Waals surface area contributed by atoms with Gasteiger partial charge in [-0.25, -0.2) is 0 Å². The van der Waals surface area contributed by atoms with Gasteiger partial charge in [0, 0.05) is 28.3 Å². The largest absolute Gasteiger partial charge is 0.495 e. The molecule has 0 spiro atoms. The molecule has 0 atom stereocenters. The number of nitrogens with one attached hydrogen (secondary N) is 1. The number of rotatable bonds is 3. The summed E-state index contributed by atoms with van der Waals surface area (Å²) in [6.45, 7) is 4.36. The SMILES string of the molecule is COc1cc2c(cc1Cl)CC(C)(C)NC2=CC(=O)C12CC3CC(CC(C3)C1)C2. The van der Waals surface area contributed by atoms with Crippen molar-refractivity contribution in [2.75, 3.05) is 7.11 Å². The Balaban J connectivity index is 1.54. The van der Waals surface area contributed by atoms with E-state index in [1.54, 1.807) is 7.11 Å². The summed E-state index contributed by atoms with van der Waals surface area (Å²) in [6.07, 6.45) is 10.1. The van der Waals surface area contributed by atoms with E-state index in [1.807, 2.05) is 18.2 Å². The van der Waals surface area contributed by atoms with Crippen LogP contribution in [-0.2, 0) is 11.2 Å². The number of ether oxygens (including phenoxy) is 1. The molecule has 4 fully saturated rings. The Morgan fingerprint density at radius 1 is 1.14 bits per heavy atom. The third-order valence-corrected chi connectivity index (χ3v) is 7.90. The van der Waals surface area contributed by atoms with Crippen LogP contribution >= 0.6 is 11.6 Å². The molecule has 6 rings (SSSR count). The number of hydrogen-bond acceptors (Lipinski definition) is 3. The van der Waals surface area contributed by atoms with Crippen LogP contribution in [0.15, 0.2) is 18.2 Å². The van der Waals surface area contributed by atoms with E-state index in [0.29, 0.717) is 16.6 Å². The fourth-order valence-electron chi connectivity index (χ4n) is 6.91. The molecular formula is C24H30ClNO2. The highest BCUT2D eigenvalue weighted by atomic mass is 35.5. The van der Waals surface area contributed by atoms with E-state index in [1.165, 1.54) is 24.8 Å².